The highest BCUT2D eigenvalue weighted by molar-refractivity contribution is 7.99. The number of hydrogen-bond donors (Lipinski definition) is 1. The summed E-state index contributed by atoms with van der Waals surface area (Å²) in [4.78, 5) is 12.2. The van der Waals surface area contributed by atoms with Gasteiger partial charge >= 0.3 is 0 Å². The number of amides is 1. The number of aryl methyl sites for hydroxylation is 2. The molecular weight excluding hydrogens is 398 g/mol. The monoisotopic (exact) mass is 423 g/mol. The number of carbonyl (C=O) groups excluding carboxylic acids is 1. The molecule has 30 heavy (non-hydrogen) atoms. The number of hydrogen-bond acceptors (Lipinski definition) is 6. The molecule has 6 nitrogen and oxygen atoms in total. The molecule has 0 fully saturated rings. The third-order valence-corrected chi connectivity index (χ3v) is 5.95. The third kappa shape index (κ3) is 5.42. The third-order valence-electron chi connectivity index (χ3n) is 5.13. The average molecular weight is 424 g/mol. The van der Waals surface area contributed by atoms with Crippen molar-refractivity contribution in [2.24, 2.45) is 0 Å². The first-order valence-corrected chi connectivity index (χ1v) is 11.2. The molecule has 1 N–H and O–H groups in total. The zero-order valence-electron chi connectivity index (χ0n) is 17.0. The van der Waals surface area contributed by atoms with Gasteiger partial charge in [0.05, 0.1) is 11.8 Å². The summed E-state index contributed by atoms with van der Waals surface area (Å²) < 4.78 is 11.4. The maximum Gasteiger partial charge on any atom is 0.277 e. The van der Waals surface area contributed by atoms with E-state index < -0.39 is 0 Å². The van der Waals surface area contributed by atoms with Crippen molar-refractivity contribution in [2.45, 2.75) is 50.5 Å². The topological polar surface area (TPSA) is 77.2 Å². The van der Waals surface area contributed by atoms with Crippen LogP contribution in [0, 0.1) is 0 Å². The zero-order valence-corrected chi connectivity index (χ0v) is 17.8. The molecule has 0 unspecified atom stereocenters. The Balaban J connectivity index is 1.24. The summed E-state index contributed by atoms with van der Waals surface area (Å²) in [5.41, 5.74) is 3.86. The molecule has 156 valence electrons. The predicted octanol–water partition coefficient (Wildman–Crippen LogP) is 4.50. The van der Waals surface area contributed by atoms with Crippen molar-refractivity contribution < 1.29 is 13.9 Å². The average Bonchev–Trinajstić information content (AvgIpc) is 3.24. The van der Waals surface area contributed by atoms with Gasteiger partial charge in [0.25, 0.3) is 11.1 Å². The van der Waals surface area contributed by atoms with E-state index >= 15 is 0 Å². The van der Waals surface area contributed by atoms with Crippen molar-refractivity contribution in [3.63, 3.8) is 0 Å². The van der Waals surface area contributed by atoms with Gasteiger partial charge in [-0.3, -0.25) is 4.79 Å². The summed E-state index contributed by atoms with van der Waals surface area (Å²) in [6, 6.07) is 16.0. The van der Waals surface area contributed by atoms with Crippen LogP contribution in [0.2, 0.25) is 0 Å². The fourth-order valence-corrected chi connectivity index (χ4v) is 4.13. The Morgan fingerprint density at radius 2 is 1.93 bits per heavy atom. The Morgan fingerprint density at radius 3 is 2.77 bits per heavy atom. The van der Waals surface area contributed by atoms with E-state index in [4.69, 9.17) is 9.15 Å². The smallest absolute Gasteiger partial charge is 0.277 e. The first-order valence-electron chi connectivity index (χ1n) is 10.2. The fraction of sp³-hybridized carbons (Fsp3) is 0.348. The Bertz CT molecular complexity index is 990. The first-order chi connectivity index (χ1) is 14.7. The Morgan fingerprint density at radius 1 is 1.13 bits per heavy atom. The first kappa shape index (κ1) is 20.5. The quantitative estimate of drug-likeness (QED) is 0.538. The molecule has 1 atom stereocenters. The van der Waals surface area contributed by atoms with Crippen LogP contribution in [0.15, 0.2) is 58.2 Å². The number of aromatic nitrogens is 2. The van der Waals surface area contributed by atoms with Crippen LogP contribution in [0.4, 0.5) is 0 Å². The molecule has 0 aliphatic heterocycles. The molecule has 1 aliphatic carbocycles. The molecule has 3 aromatic rings. The van der Waals surface area contributed by atoms with E-state index in [2.05, 4.69) is 27.6 Å². The van der Waals surface area contributed by atoms with Crippen molar-refractivity contribution in [3.05, 3.63) is 71.1 Å². The van der Waals surface area contributed by atoms with Crippen LogP contribution in [0.1, 0.15) is 48.4 Å². The van der Waals surface area contributed by atoms with E-state index in [9.17, 15) is 4.79 Å². The molecule has 0 saturated heterocycles. The van der Waals surface area contributed by atoms with Gasteiger partial charge in [-0.15, -0.1) is 10.2 Å². The Hall–Kier alpha value is -2.80. The number of nitrogens with zero attached hydrogens (tertiary/aromatic N) is 2. The maximum absolute atomic E-state index is 12.2. The van der Waals surface area contributed by atoms with Crippen LogP contribution in [0.5, 0.6) is 5.75 Å². The van der Waals surface area contributed by atoms with E-state index in [0.717, 1.165) is 24.2 Å². The van der Waals surface area contributed by atoms with Gasteiger partial charge in [-0.2, -0.15) is 0 Å². The Labute approximate surface area is 180 Å². The summed E-state index contributed by atoms with van der Waals surface area (Å²) in [5, 5.41) is 11.3. The number of fused-ring (bicyclic) bond motifs is 1. The van der Waals surface area contributed by atoms with Crippen molar-refractivity contribution in [1.29, 1.82) is 0 Å². The molecule has 1 aromatic heterocycles. The number of benzene rings is 2. The Kier molecular flexibility index (Phi) is 6.69. The van der Waals surface area contributed by atoms with Gasteiger partial charge in [-0.1, -0.05) is 48.2 Å². The maximum atomic E-state index is 12.2. The zero-order chi connectivity index (χ0) is 20.8. The second-order valence-electron chi connectivity index (χ2n) is 7.38. The molecule has 1 amide bonds. The van der Waals surface area contributed by atoms with Crippen molar-refractivity contribution >= 4 is 17.7 Å². The van der Waals surface area contributed by atoms with Crippen LogP contribution in [0.3, 0.4) is 0 Å². The largest absolute Gasteiger partial charge is 0.484 e. The molecule has 0 bridgehead atoms. The lowest BCUT2D eigenvalue weighted by atomic mass is 9.92. The molecule has 7 heteroatoms. The fourth-order valence-electron chi connectivity index (χ4n) is 3.54. The highest BCUT2D eigenvalue weighted by Gasteiger charge is 2.14. The van der Waals surface area contributed by atoms with Gasteiger partial charge in [-0.25, -0.2) is 0 Å². The molecule has 0 spiro atoms. The minimum atomic E-state index is -0.0820. The normalized spacial score (nSPS) is 14.0. The molecule has 1 heterocycles. The number of thioether (sulfide) groups is 1. The van der Waals surface area contributed by atoms with Crippen LogP contribution in [0.25, 0.3) is 0 Å². The van der Waals surface area contributed by atoms with E-state index in [1.165, 1.54) is 35.7 Å². The van der Waals surface area contributed by atoms with Crippen LogP contribution in [-0.4, -0.2) is 21.9 Å². The highest BCUT2D eigenvalue weighted by Crippen LogP contribution is 2.26. The summed E-state index contributed by atoms with van der Waals surface area (Å²) in [6.45, 7) is 2.17. The standard InChI is InChI=1S/C23H25N3O3S/c1-16(17-7-3-2-4-8-17)24-21(27)15-30-23-26-25-22(29-23)14-28-20-12-11-18-9-5-6-10-19(18)13-20/h2-4,7-8,11-13,16H,5-6,9-10,14-15H2,1H3,(H,24,27)/t16-/m0/s1. The van der Waals surface area contributed by atoms with Crippen LogP contribution < -0.4 is 10.1 Å². The minimum Gasteiger partial charge on any atom is -0.484 e. The van der Waals surface area contributed by atoms with Gasteiger partial charge < -0.3 is 14.5 Å². The number of carbonyl (C=O) groups is 1. The second kappa shape index (κ2) is 9.80. The van der Waals surface area contributed by atoms with Gasteiger partial charge in [0.15, 0.2) is 6.61 Å². The lowest BCUT2D eigenvalue weighted by Gasteiger charge is -2.16. The molecule has 0 saturated carbocycles. The minimum absolute atomic E-state index is 0.0532. The highest BCUT2D eigenvalue weighted by atomic mass is 32.2. The lowest BCUT2D eigenvalue weighted by Crippen LogP contribution is -2.28. The van der Waals surface area contributed by atoms with Crippen LogP contribution in [-0.2, 0) is 24.2 Å². The number of ether oxygens (including phenoxy) is 1. The van der Waals surface area contributed by atoms with Crippen molar-refractivity contribution in [3.8, 4) is 5.75 Å². The van der Waals surface area contributed by atoms with Crippen molar-refractivity contribution in [1.82, 2.24) is 15.5 Å². The summed E-state index contributed by atoms with van der Waals surface area (Å²) >= 11 is 1.22. The van der Waals surface area contributed by atoms with E-state index in [-0.39, 0.29) is 24.3 Å². The molecule has 4 rings (SSSR count). The molecule has 2 aromatic carbocycles. The van der Waals surface area contributed by atoms with E-state index in [1.807, 2.05) is 43.3 Å². The molecule has 0 radical (unpaired) electrons. The molecule has 1 aliphatic rings. The van der Waals surface area contributed by atoms with E-state index in [1.54, 1.807) is 0 Å². The van der Waals surface area contributed by atoms with Crippen molar-refractivity contribution in [2.75, 3.05) is 5.75 Å². The predicted molar refractivity (Wildman–Crippen MR) is 115 cm³/mol. The van der Waals surface area contributed by atoms with E-state index in [0.29, 0.717) is 11.1 Å². The van der Waals surface area contributed by atoms with Gasteiger partial charge in [-0.05, 0) is 61.4 Å². The number of nitrogens with one attached hydrogen (secondary N) is 1. The van der Waals surface area contributed by atoms with Gasteiger partial charge in [0.1, 0.15) is 5.75 Å². The number of rotatable bonds is 8. The van der Waals surface area contributed by atoms with Crippen LogP contribution >= 0.6 is 11.8 Å². The second-order valence-corrected chi connectivity index (χ2v) is 8.30. The summed E-state index contributed by atoms with van der Waals surface area (Å²) in [6.07, 6.45) is 4.76. The summed E-state index contributed by atoms with van der Waals surface area (Å²) in [7, 11) is 0. The van der Waals surface area contributed by atoms with Gasteiger partial charge in [0.2, 0.25) is 5.91 Å². The van der Waals surface area contributed by atoms with Gasteiger partial charge in [0, 0.05) is 0 Å². The summed E-state index contributed by atoms with van der Waals surface area (Å²) in [5.74, 6) is 1.34. The lowest BCUT2D eigenvalue weighted by molar-refractivity contribution is -0.119. The SMILES string of the molecule is C[C@H](NC(=O)CSc1nnc(COc2ccc3c(c2)CCCC3)o1)c1ccccc1. The molecular formula is C23H25N3O3S.